The van der Waals surface area contributed by atoms with Crippen molar-refractivity contribution < 1.29 is 9.84 Å². The smallest absolute Gasteiger partial charge is 0.137 e. The van der Waals surface area contributed by atoms with Crippen molar-refractivity contribution in [3.05, 3.63) is 95.7 Å². The van der Waals surface area contributed by atoms with Gasteiger partial charge in [0.15, 0.2) is 0 Å². The minimum absolute atomic E-state index is 0. The second-order valence-corrected chi connectivity index (χ2v) is 8.94. The molecule has 200 valence electrons. The molecule has 0 fully saturated rings. The summed E-state index contributed by atoms with van der Waals surface area (Å²) in [5, 5.41) is 9.51. The first-order chi connectivity index (χ1) is 17.2. The Morgan fingerprint density at radius 2 is 1.59 bits per heavy atom. The number of benzene rings is 1. The molecule has 2 aromatic heterocycles. The van der Waals surface area contributed by atoms with Gasteiger partial charge in [-0.1, -0.05) is 59.4 Å². The van der Waals surface area contributed by atoms with Crippen LogP contribution >= 0.6 is 0 Å². The molecule has 0 radical (unpaired) electrons. The summed E-state index contributed by atoms with van der Waals surface area (Å²) in [6.07, 6.45) is 7.90. The Bertz CT molecular complexity index is 1170. The third-order valence-electron chi connectivity index (χ3n) is 6.49. The summed E-state index contributed by atoms with van der Waals surface area (Å²) in [6.45, 7) is 12.2. The molecular weight excluding hydrogens is 460 g/mol. The number of ether oxygens (including phenoxy) is 1. The summed E-state index contributed by atoms with van der Waals surface area (Å²) in [4.78, 5) is 9.05. The molecule has 3 rings (SSSR count). The first-order valence-electron chi connectivity index (χ1n) is 12.3. The molecule has 0 bridgehead atoms. The average molecular weight is 505 g/mol. The monoisotopic (exact) mass is 504 g/mol. The molecule has 0 aliphatic carbocycles. The normalized spacial score (nSPS) is 14.1. The fourth-order valence-corrected chi connectivity index (χ4v) is 3.77. The molecule has 6 nitrogen and oxygen atoms in total. The first-order valence-corrected chi connectivity index (χ1v) is 12.3. The van der Waals surface area contributed by atoms with Crippen molar-refractivity contribution in [2.45, 2.75) is 60.5 Å². The van der Waals surface area contributed by atoms with Gasteiger partial charge in [-0.2, -0.15) is 0 Å². The van der Waals surface area contributed by atoms with Gasteiger partial charge < -0.3 is 21.3 Å². The Kier molecular flexibility index (Phi) is 12.0. The molecule has 6 heteroatoms. The Morgan fingerprint density at radius 3 is 2.11 bits per heavy atom. The van der Waals surface area contributed by atoms with E-state index in [0.717, 1.165) is 28.1 Å². The molecule has 2 heterocycles. The van der Waals surface area contributed by atoms with Gasteiger partial charge in [0.2, 0.25) is 0 Å². The fourth-order valence-electron chi connectivity index (χ4n) is 3.77. The lowest BCUT2D eigenvalue weighted by atomic mass is 9.70. The molecule has 2 atom stereocenters. The van der Waals surface area contributed by atoms with E-state index in [1.54, 1.807) is 38.6 Å². The highest BCUT2D eigenvalue weighted by atomic mass is 16.5. The molecule has 0 aliphatic rings. The largest absolute Gasteiger partial charge is 0.495 e. The number of nitrogens with zero attached hydrogens (tertiary/aromatic N) is 2. The minimum atomic E-state index is -0.720. The predicted molar refractivity (Wildman–Crippen MR) is 156 cm³/mol. The Labute approximate surface area is 223 Å². The number of methoxy groups -OCH3 is 1. The van der Waals surface area contributed by atoms with E-state index < -0.39 is 6.10 Å². The number of aromatic nitrogens is 2. The summed E-state index contributed by atoms with van der Waals surface area (Å²) in [7, 11) is 1.64. The van der Waals surface area contributed by atoms with E-state index in [9.17, 15) is 5.11 Å². The zero-order chi connectivity index (χ0) is 26.9. The Hall–Kier alpha value is -3.64. The summed E-state index contributed by atoms with van der Waals surface area (Å²) < 4.78 is 5.30. The lowest BCUT2D eigenvalue weighted by molar-refractivity contribution is 0.230. The van der Waals surface area contributed by atoms with Crippen LogP contribution in [0, 0.1) is 5.92 Å². The Balaban J connectivity index is 0.00000223. The lowest BCUT2D eigenvalue weighted by Crippen LogP contribution is -2.31. The predicted octanol–water partition coefficient (Wildman–Crippen LogP) is 6.30. The molecule has 37 heavy (non-hydrogen) atoms. The molecule has 3 aromatic rings. The van der Waals surface area contributed by atoms with Crippen molar-refractivity contribution in [1.29, 1.82) is 0 Å². The van der Waals surface area contributed by atoms with Gasteiger partial charge in [-0.15, -0.1) is 0 Å². The van der Waals surface area contributed by atoms with E-state index in [0.29, 0.717) is 17.3 Å². The van der Waals surface area contributed by atoms with E-state index in [1.165, 1.54) is 5.56 Å². The van der Waals surface area contributed by atoms with Gasteiger partial charge in [-0.25, -0.2) is 0 Å². The van der Waals surface area contributed by atoms with Gasteiger partial charge in [-0.3, -0.25) is 9.97 Å². The summed E-state index contributed by atoms with van der Waals surface area (Å²) >= 11 is 0. The molecule has 0 saturated carbocycles. The zero-order valence-corrected chi connectivity index (χ0v) is 22.5. The second-order valence-electron chi connectivity index (χ2n) is 8.94. The maximum absolute atomic E-state index is 9.51. The summed E-state index contributed by atoms with van der Waals surface area (Å²) in [6, 6.07) is 14.5. The van der Waals surface area contributed by atoms with Crippen LogP contribution in [0.15, 0.2) is 78.9 Å². The number of aliphatic hydroxyl groups excluding tert-OH is 1. The molecular formula is C31H44N4O2. The average Bonchev–Trinajstić information content (AvgIpc) is 2.92. The van der Waals surface area contributed by atoms with Gasteiger partial charge in [0, 0.05) is 40.3 Å². The van der Waals surface area contributed by atoms with Crippen LogP contribution in [0.1, 0.15) is 65.8 Å². The number of nitrogens with two attached hydrogens (primary N) is 2. The van der Waals surface area contributed by atoms with Crippen molar-refractivity contribution >= 4 is 5.70 Å². The van der Waals surface area contributed by atoms with Crippen LogP contribution in [0.2, 0.25) is 0 Å². The van der Waals surface area contributed by atoms with Crippen molar-refractivity contribution in [2.75, 3.05) is 7.11 Å². The number of rotatable bonds is 8. The van der Waals surface area contributed by atoms with Crippen LogP contribution in [0.25, 0.3) is 16.8 Å². The molecule has 0 saturated heterocycles. The standard InChI is InChI=1S/C28H34N4O2.C2H6.CH4/c1-18(2)28(4,23-9-6-20(7-10-23)22-14-24(34-5)17-31-15-22)27-13-8-21(16-32-27)26(30)12-11-25(29)19(3)33;1-2;/h6-19,33H,29-30H2,1-5H3;1-2H3;1H4/b25-11-,26-12-;;. The van der Waals surface area contributed by atoms with Gasteiger partial charge in [0.05, 0.1) is 25.1 Å². The highest BCUT2D eigenvalue weighted by Gasteiger charge is 2.34. The molecule has 0 aliphatic heterocycles. The van der Waals surface area contributed by atoms with Crippen molar-refractivity contribution in [3.63, 3.8) is 0 Å². The molecule has 2 unspecified atom stereocenters. The lowest BCUT2D eigenvalue weighted by Gasteiger charge is -2.34. The maximum Gasteiger partial charge on any atom is 0.137 e. The number of aliphatic hydroxyl groups is 1. The third-order valence-corrected chi connectivity index (χ3v) is 6.49. The molecule has 0 spiro atoms. The highest BCUT2D eigenvalue weighted by molar-refractivity contribution is 5.65. The minimum Gasteiger partial charge on any atom is -0.495 e. The van der Waals surface area contributed by atoms with Crippen LogP contribution in [0.3, 0.4) is 0 Å². The quantitative estimate of drug-likeness (QED) is 0.311. The number of hydrogen-bond donors (Lipinski definition) is 3. The number of allylic oxidation sites excluding steroid dienone is 2. The molecule has 0 amide bonds. The van der Waals surface area contributed by atoms with Gasteiger partial charge in [0.1, 0.15) is 5.75 Å². The maximum atomic E-state index is 9.51. The van der Waals surface area contributed by atoms with E-state index in [1.807, 2.05) is 38.2 Å². The van der Waals surface area contributed by atoms with Crippen molar-refractivity contribution in [2.24, 2.45) is 17.4 Å². The second kappa shape index (κ2) is 14.2. The highest BCUT2D eigenvalue weighted by Crippen LogP contribution is 2.39. The molecule has 5 N–H and O–H groups in total. The van der Waals surface area contributed by atoms with Gasteiger partial charge in [0.25, 0.3) is 0 Å². The van der Waals surface area contributed by atoms with Crippen molar-refractivity contribution in [3.8, 4) is 16.9 Å². The SMILES string of the molecule is C.CC.COc1cncc(-c2ccc(C(C)(c3ccc(/C(N)=C/C=C(\N)C(C)O)cn3)C(C)C)cc2)c1. The molecule has 1 aromatic carbocycles. The first kappa shape index (κ1) is 31.4. The van der Waals surface area contributed by atoms with Crippen LogP contribution < -0.4 is 16.2 Å². The van der Waals surface area contributed by atoms with Crippen molar-refractivity contribution in [1.82, 2.24) is 9.97 Å². The van der Waals surface area contributed by atoms with E-state index in [2.05, 4.69) is 50.0 Å². The Morgan fingerprint density at radius 1 is 0.946 bits per heavy atom. The van der Waals surface area contributed by atoms with Crippen LogP contribution in [0.5, 0.6) is 5.75 Å². The van der Waals surface area contributed by atoms with E-state index >= 15 is 0 Å². The van der Waals surface area contributed by atoms with Gasteiger partial charge in [-0.05, 0) is 61.2 Å². The number of pyridine rings is 2. The zero-order valence-electron chi connectivity index (χ0n) is 22.5. The van der Waals surface area contributed by atoms with E-state index in [-0.39, 0.29) is 12.8 Å². The summed E-state index contributed by atoms with van der Waals surface area (Å²) in [5.74, 6) is 1.03. The third kappa shape index (κ3) is 7.43. The topological polar surface area (TPSA) is 107 Å². The van der Waals surface area contributed by atoms with Crippen LogP contribution in [-0.2, 0) is 5.41 Å². The van der Waals surface area contributed by atoms with E-state index in [4.69, 9.17) is 21.2 Å². The van der Waals surface area contributed by atoms with Crippen LogP contribution in [-0.4, -0.2) is 28.3 Å². The number of hydrogen-bond acceptors (Lipinski definition) is 6. The van der Waals surface area contributed by atoms with Crippen LogP contribution in [0.4, 0.5) is 0 Å². The van der Waals surface area contributed by atoms with Gasteiger partial charge >= 0.3 is 0 Å². The summed E-state index contributed by atoms with van der Waals surface area (Å²) in [5.41, 5.74) is 17.6. The fraction of sp³-hybridized carbons (Fsp3) is 0.355.